The number of fused-ring (bicyclic) bond motifs is 1. The summed E-state index contributed by atoms with van der Waals surface area (Å²) in [5.41, 5.74) is 8.14. The molecular weight excluding hydrogens is 268 g/mol. The minimum Gasteiger partial charge on any atom is -0.481 e. The molecule has 1 heterocycles. The SMILES string of the molecule is CCc1ccccc1Oc1cc2c(cc1N)OCC(=O)N2. The summed E-state index contributed by atoms with van der Waals surface area (Å²) in [6.07, 6.45) is 0.862. The average Bonchev–Trinajstić information content (AvgIpc) is 2.49. The topological polar surface area (TPSA) is 73.6 Å². The fourth-order valence-electron chi connectivity index (χ4n) is 2.22. The maximum Gasteiger partial charge on any atom is 0.262 e. The second-order valence-electron chi connectivity index (χ2n) is 4.79. The van der Waals surface area contributed by atoms with E-state index in [0.717, 1.165) is 17.7 Å². The van der Waals surface area contributed by atoms with Crippen molar-refractivity contribution >= 4 is 17.3 Å². The summed E-state index contributed by atoms with van der Waals surface area (Å²) in [5.74, 6) is 1.63. The molecule has 0 aromatic heterocycles. The number of nitrogen functional groups attached to an aromatic ring is 1. The number of aryl methyl sites for hydroxylation is 1. The molecule has 0 atom stereocenters. The zero-order valence-corrected chi connectivity index (χ0v) is 11.7. The molecule has 2 aromatic rings. The fourth-order valence-corrected chi connectivity index (χ4v) is 2.22. The van der Waals surface area contributed by atoms with Crippen molar-refractivity contribution in [3.05, 3.63) is 42.0 Å². The molecule has 0 bridgehead atoms. The lowest BCUT2D eigenvalue weighted by Gasteiger charge is -2.20. The number of rotatable bonds is 3. The number of anilines is 2. The highest BCUT2D eigenvalue weighted by Gasteiger charge is 2.19. The van der Waals surface area contributed by atoms with Gasteiger partial charge in [-0.05, 0) is 18.1 Å². The van der Waals surface area contributed by atoms with Gasteiger partial charge >= 0.3 is 0 Å². The quantitative estimate of drug-likeness (QED) is 0.850. The van der Waals surface area contributed by atoms with Crippen LogP contribution in [0, 0.1) is 0 Å². The Morgan fingerprint density at radius 3 is 2.90 bits per heavy atom. The van der Waals surface area contributed by atoms with Gasteiger partial charge in [0.15, 0.2) is 12.4 Å². The third kappa shape index (κ3) is 2.63. The first kappa shape index (κ1) is 13.3. The smallest absolute Gasteiger partial charge is 0.262 e. The number of ether oxygens (including phenoxy) is 2. The van der Waals surface area contributed by atoms with Crippen LogP contribution in [-0.4, -0.2) is 12.5 Å². The molecule has 1 aliphatic rings. The molecular formula is C16H16N2O3. The molecule has 5 heteroatoms. The van der Waals surface area contributed by atoms with E-state index in [1.165, 1.54) is 0 Å². The predicted octanol–water partition coefficient (Wildman–Crippen LogP) is 2.95. The van der Waals surface area contributed by atoms with Gasteiger partial charge in [-0.2, -0.15) is 0 Å². The van der Waals surface area contributed by atoms with Gasteiger partial charge in [-0.15, -0.1) is 0 Å². The lowest BCUT2D eigenvalue weighted by molar-refractivity contribution is -0.118. The summed E-state index contributed by atoms with van der Waals surface area (Å²) in [4.78, 5) is 11.4. The molecule has 5 nitrogen and oxygen atoms in total. The Morgan fingerprint density at radius 1 is 1.29 bits per heavy atom. The second kappa shape index (κ2) is 5.36. The highest BCUT2D eigenvalue weighted by Crippen LogP contribution is 2.39. The summed E-state index contributed by atoms with van der Waals surface area (Å²) < 4.78 is 11.2. The monoisotopic (exact) mass is 284 g/mol. The molecule has 0 unspecified atom stereocenters. The van der Waals surface area contributed by atoms with E-state index in [1.807, 2.05) is 24.3 Å². The minimum absolute atomic E-state index is 0.00527. The van der Waals surface area contributed by atoms with Crippen LogP contribution in [0.15, 0.2) is 36.4 Å². The molecule has 108 valence electrons. The predicted molar refractivity (Wildman–Crippen MR) is 80.9 cm³/mol. The summed E-state index contributed by atoms with van der Waals surface area (Å²) in [5, 5.41) is 2.74. The first-order valence-corrected chi connectivity index (χ1v) is 6.79. The zero-order valence-electron chi connectivity index (χ0n) is 11.7. The largest absolute Gasteiger partial charge is 0.481 e. The van der Waals surface area contributed by atoms with Crippen molar-refractivity contribution in [2.45, 2.75) is 13.3 Å². The standard InChI is InChI=1S/C16H16N2O3/c1-2-10-5-3-4-6-13(10)21-14-8-12-15(7-11(14)17)20-9-16(19)18-12/h3-8H,2,9,17H2,1H3,(H,18,19). The lowest BCUT2D eigenvalue weighted by atomic mass is 10.1. The van der Waals surface area contributed by atoms with Crippen molar-refractivity contribution in [1.82, 2.24) is 0 Å². The van der Waals surface area contributed by atoms with E-state index in [9.17, 15) is 4.79 Å². The Bertz CT molecular complexity index is 698. The van der Waals surface area contributed by atoms with Crippen LogP contribution in [0.1, 0.15) is 12.5 Å². The van der Waals surface area contributed by atoms with Gasteiger partial charge in [-0.3, -0.25) is 4.79 Å². The van der Waals surface area contributed by atoms with Crippen molar-refractivity contribution in [1.29, 1.82) is 0 Å². The van der Waals surface area contributed by atoms with Gasteiger partial charge < -0.3 is 20.5 Å². The molecule has 0 saturated carbocycles. The number of nitrogens with one attached hydrogen (secondary N) is 1. The molecule has 1 amide bonds. The number of carbonyl (C=O) groups is 1. The highest BCUT2D eigenvalue weighted by atomic mass is 16.5. The molecule has 0 spiro atoms. The van der Waals surface area contributed by atoms with Crippen LogP contribution in [0.5, 0.6) is 17.2 Å². The van der Waals surface area contributed by atoms with Crippen LogP contribution >= 0.6 is 0 Å². The average molecular weight is 284 g/mol. The number of nitrogens with two attached hydrogens (primary N) is 1. The van der Waals surface area contributed by atoms with Gasteiger partial charge in [-0.25, -0.2) is 0 Å². The molecule has 0 aliphatic carbocycles. The van der Waals surface area contributed by atoms with Gasteiger partial charge in [0.25, 0.3) is 5.91 Å². The van der Waals surface area contributed by atoms with Crippen molar-refractivity contribution in [2.75, 3.05) is 17.7 Å². The third-order valence-corrected chi connectivity index (χ3v) is 3.32. The van der Waals surface area contributed by atoms with Gasteiger partial charge in [0, 0.05) is 12.1 Å². The van der Waals surface area contributed by atoms with E-state index >= 15 is 0 Å². The van der Waals surface area contributed by atoms with Crippen molar-refractivity contribution in [2.24, 2.45) is 0 Å². The lowest BCUT2D eigenvalue weighted by Crippen LogP contribution is -2.25. The van der Waals surface area contributed by atoms with E-state index in [2.05, 4.69) is 12.2 Å². The zero-order chi connectivity index (χ0) is 14.8. The maximum absolute atomic E-state index is 11.4. The number of para-hydroxylation sites is 1. The molecule has 21 heavy (non-hydrogen) atoms. The van der Waals surface area contributed by atoms with Gasteiger partial charge in [0.05, 0.1) is 11.4 Å². The molecule has 2 aromatic carbocycles. The Kier molecular flexibility index (Phi) is 3.39. The molecule has 3 N–H and O–H groups in total. The molecule has 0 fully saturated rings. The molecule has 0 radical (unpaired) electrons. The van der Waals surface area contributed by atoms with Crippen molar-refractivity contribution in [3.8, 4) is 17.2 Å². The van der Waals surface area contributed by atoms with E-state index in [0.29, 0.717) is 22.9 Å². The van der Waals surface area contributed by atoms with Crippen LogP contribution in [0.4, 0.5) is 11.4 Å². The first-order valence-electron chi connectivity index (χ1n) is 6.79. The Hall–Kier alpha value is -2.69. The third-order valence-electron chi connectivity index (χ3n) is 3.32. The highest BCUT2D eigenvalue weighted by molar-refractivity contribution is 5.96. The normalized spacial score (nSPS) is 13.1. The van der Waals surface area contributed by atoms with E-state index < -0.39 is 0 Å². The Morgan fingerprint density at radius 2 is 2.10 bits per heavy atom. The minimum atomic E-state index is -0.188. The van der Waals surface area contributed by atoms with Crippen LogP contribution < -0.4 is 20.5 Å². The second-order valence-corrected chi connectivity index (χ2v) is 4.79. The fraction of sp³-hybridized carbons (Fsp3) is 0.188. The molecule has 3 rings (SSSR count). The Balaban J connectivity index is 1.95. The Labute approximate surface area is 122 Å². The molecule has 0 saturated heterocycles. The van der Waals surface area contributed by atoms with Crippen LogP contribution in [0.25, 0.3) is 0 Å². The number of hydrogen-bond acceptors (Lipinski definition) is 4. The van der Waals surface area contributed by atoms with Crippen molar-refractivity contribution < 1.29 is 14.3 Å². The van der Waals surface area contributed by atoms with Crippen LogP contribution in [0.3, 0.4) is 0 Å². The van der Waals surface area contributed by atoms with Gasteiger partial charge in [0.1, 0.15) is 11.5 Å². The number of benzene rings is 2. The van der Waals surface area contributed by atoms with Gasteiger partial charge in [-0.1, -0.05) is 25.1 Å². The number of amides is 1. The maximum atomic E-state index is 11.4. The van der Waals surface area contributed by atoms with E-state index in [-0.39, 0.29) is 12.5 Å². The summed E-state index contributed by atoms with van der Waals surface area (Å²) in [7, 11) is 0. The van der Waals surface area contributed by atoms with Crippen LogP contribution in [-0.2, 0) is 11.2 Å². The van der Waals surface area contributed by atoms with E-state index in [4.69, 9.17) is 15.2 Å². The summed E-state index contributed by atoms with van der Waals surface area (Å²) >= 11 is 0. The number of carbonyl (C=O) groups excluding carboxylic acids is 1. The summed E-state index contributed by atoms with van der Waals surface area (Å²) in [6, 6.07) is 11.1. The molecule has 1 aliphatic heterocycles. The summed E-state index contributed by atoms with van der Waals surface area (Å²) in [6.45, 7) is 2.07. The van der Waals surface area contributed by atoms with Crippen molar-refractivity contribution in [3.63, 3.8) is 0 Å². The van der Waals surface area contributed by atoms with Gasteiger partial charge in [0.2, 0.25) is 0 Å². The van der Waals surface area contributed by atoms with E-state index in [1.54, 1.807) is 12.1 Å². The van der Waals surface area contributed by atoms with Crippen LogP contribution in [0.2, 0.25) is 0 Å². The number of hydrogen-bond donors (Lipinski definition) is 2. The first-order chi connectivity index (χ1) is 10.2.